The molecule has 0 unspecified atom stereocenters. The van der Waals surface area contributed by atoms with Gasteiger partial charge in [0, 0.05) is 30.6 Å². The van der Waals surface area contributed by atoms with E-state index in [1.165, 1.54) is 31.2 Å². The number of sulfone groups is 1. The smallest absolute Gasteiger partial charge is 0.388 e. The van der Waals surface area contributed by atoms with Crippen LogP contribution < -0.4 is 9.47 Å². The van der Waals surface area contributed by atoms with E-state index >= 15 is 0 Å². The Balaban J connectivity index is 2.20. The highest BCUT2D eigenvalue weighted by molar-refractivity contribution is 7.90. The summed E-state index contributed by atoms with van der Waals surface area (Å²) >= 11 is 6.22. The number of hydrogen-bond donors (Lipinski definition) is 0. The van der Waals surface area contributed by atoms with Crippen LogP contribution in [-0.4, -0.2) is 32.2 Å². The molecule has 3 aromatic rings. The summed E-state index contributed by atoms with van der Waals surface area (Å²) in [6.07, 6.45) is 1.21. The molecule has 0 saturated heterocycles. The van der Waals surface area contributed by atoms with Crippen LogP contribution in [0.25, 0.3) is 10.9 Å². The zero-order valence-corrected chi connectivity index (χ0v) is 18.4. The Morgan fingerprint density at radius 2 is 1.81 bits per heavy atom. The number of aromatic nitrogens is 1. The third-order valence-electron chi connectivity index (χ3n) is 4.58. The molecule has 0 amide bonds. The number of hydrogen-bond acceptors (Lipinski definition) is 6. The monoisotopic (exact) mass is 469 g/mol. The number of carbonyl (C=O) groups excluding carboxylic acids is 1. The second-order valence-electron chi connectivity index (χ2n) is 6.85. The summed E-state index contributed by atoms with van der Waals surface area (Å²) in [5.74, 6) is -0.683. The van der Waals surface area contributed by atoms with Crippen molar-refractivity contribution < 1.29 is 31.5 Å². The Kier molecular flexibility index (Phi) is 6.47. The summed E-state index contributed by atoms with van der Waals surface area (Å²) in [5, 5.41) is 0.573. The molecule has 0 aliphatic heterocycles. The standard InChI is InChI=1S/C21H18ClF2NO5S/c1-11-15(10-13-4-6-14(7-5-13)31(3,27)28)20(30-21(23)24)25-19-16(22)8-9-17(18(11)19)29-12(2)26/h4-9,21H,10H2,1-3H3. The largest absolute Gasteiger partial charge is 0.426 e. The number of alkyl halides is 2. The number of fused-ring (bicyclic) bond motifs is 1. The van der Waals surface area contributed by atoms with Crippen molar-refractivity contribution >= 4 is 38.3 Å². The summed E-state index contributed by atoms with van der Waals surface area (Å²) < 4.78 is 59.4. The maximum Gasteiger partial charge on any atom is 0.388 e. The van der Waals surface area contributed by atoms with Crippen LogP contribution in [0.2, 0.25) is 5.02 Å². The van der Waals surface area contributed by atoms with E-state index in [0.717, 1.165) is 6.26 Å². The predicted molar refractivity (Wildman–Crippen MR) is 112 cm³/mol. The third-order valence-corrected chi connectivity index (χ3v) is 6.01. The minimum Gasteiger partial charge on any atom is -0.426 e. The van der Waals surface area contributed by atoms with E-state index < -0.39 is 22.4 Å². The van der Waals surface area contributed by atoms with Gasteiger partial charge < -0.3 is 9.47 Å². The highest BCUT2D eigenvalue weighted by Crippen LogP contribution is 2.38. The fraction of sp³-hybridized carbons (Fsp3) is 0.238. The fourth-order valence-corrected chi connectivity index (χ4v) is 4.02. The molecule has 0 aliphatic rings. The Hall–Kier alpha value is -2.78. The molecule has 0 spiro atoms. The fourth-order valence-electron chi connectivity index (χ4n) is 3.19. The van der Waals surface area contributed by atoms with Gasteiger partial charge >= 0.3 is 12.6 Å². The molecular formula is C21H18ClF2NO5S. The second-order valence-corrected chi connectivity index (χ2v) is 9.28. The molecule has 0 radical (unpaired) electrons. The van der Waals surface area contributed by atoms with Crippen molar-refractivity contribution in [3.05, 3.63) is 58.1 Å². The van der Waals surface area contributed by atoms with Crippen LogP contribution in [0.1, 0.15) is 23.6 Å². The number of halogens is 3. The molecule has 6 nitrogen and oxygen atoms in total. The van der Waals surface area contributed by atoms with Gasteiger partial charge in [0.2, 0.25) is 5.88 Å². The minimum atomic E-state index is -3.37. The van der Waals surface area contributed by atoms with Crippen LogP contribution in [0, 0.1) is 6.92 Å². The van der Waals surface area contributed by atoms with Crippen LogP contribution in [0.15, 0.2) is 41.3 Å². The Labute approximate surface area is 182 Å². The molecule has 3 rings (SSSR count). The molecule has 2 aromatic carbocycles. The van der Waals surface area contributed by atoms with E-state index in [-0.39, 0.29) is 33.5 Å². The van der Waals surface area contributed by atoms with Crippen molar-refractivity contribution in [3.8, 4) is 11.6 Å². The Morgan fingerprint density at radius 3 is 2.35 bits per heavy atom. The first-order chi connectivity index (χ1) is 14.5. The van der Waals surface area contributed by atoms with Gasteiger partial charge in [0.25, 0.3) is 0 Å². The van der Waals surface area contributed by atoms with Gasteiger partial charge in [0.15, 0.2) is 9.84 Å². The lowest BCUT2D eigenvalue weighted by Gasteiger charge is -2.17. The second kappa shape index (κ2) is 8.76. The van der Waals surface area contributed by atoms with Gasteiger partial charge in [-0.2, -0.15) is 8.78 Å². The molecule has 0 saturated carbocycles. The lowest BCUT2D eigenvalue weighted by Crippen LogP contribution is -2.10. The van der Waals surface area contributed by atoms with Gasteiger partial charge in [0.1, 0.15) is 5.75 Å². The predicted octanol–water partition coefficient (Wildman–Crippen LogP) is 4.72. The summed E-state index contributed by atoms with van der Waals surface area (Å²) in [5.41, 5.74) is 1.62. The summed E-state index contributed by atoms with van der Waals surface area (Å²) in [6, 6.07) is 8.98. The van der Waals surface area contributed by atoms with Crippen LogP contribution >= 0.6 is 11.6 Å². The number of pyridine rings is 1. The molecule has 0 fully saturated rings. The zero-order valence-electron chi connectivity index (χ0n) is 16.8. The molecule has 31 heavy (non-hydrogen) atoms. The molecule has 10 heteroatoms. The maximum atomic E-state index is 13.1. The highest BCUT2D eigenvalue weighted by atomic mass is 35.5. The van der Waals surface area contributed by atoms with Gasteiger partial charge in [-0.05, 0) is 42.3 Å². The lowest BCUT2D eigenvalue weighted by molar-refractivity contribution is -0.131. The van der Waals surface area contributed by atoms with Crippen molar-refractivity contribution in [2.75, 3.05) is 6.26 Å². The van der Waals surface area contributed by atoms with E-state index in [4.69, 9.17) is 16.3 Å². The zero-order chi connectivity index (χ0) is 22.9. The Bertz CT molecular complexity index is 1260. The van der Waals surface area contributed by atoms with E-state index in [1.807, 2.05) is 0 Å². The molecule has 0 aliphatic carbocycles. The van der Waals surface area contributed by atoms with E-state index in [1.54, 1.807) is 19.1 Å². The number of aryl methyl sites for hydroxylation is 1. The van der Waals surface area contributed by atoms with Crippen molar-refractivity contribution in [2.45, 2.75) is 31.8 Å². The maximum absolute atomic E-state index is 13.1. The number of nitrogens with zero attached hydrogens (tertiary/aromatic N) is 1. The summed E-state index contributed by atoms with van der Waals surface area (Å²) in [7, 11) is -3.37. The van der Waals surface area contributed by atoms with Gasteiger partial charge in [0.05, 0.1) is 15.4 Å². The van der Waals surface area contributed by atoms with Gasteiger partial charge in [-0.15, -0.1) is 0 Å². The summed E-state index contributed by atoms with van der Waals surface area (Å²) in [6.45, 7) is -0.223. The number of benzene rings is 2. The average Bonchev–Trinajstić information content (AvgIpc) is 2.66. The SMILES string of the molecule is CC(=O)Oc1ccc(Cl)c2nc(OC(F)F)c(Cc3ccc(S(C)(=O)=O)cc3)c(C)c12. The molecule has 0 N–H and O–H groups in total. The van der Waals surface area contributed by atoms with Crippen molar-refractivity contribution in [1.29, 1.82) is 0 Å². The van der Waals surface area contributed by atoms with Crippen LogP contribution in [0.4, 0.5) is 8.78 Å². The number of esters is 1. The first-order valence-electron chi connectivity index (χ1n) is 9.01. The molecule has 1 heterocycles. The van der Waals surface area contributed by atoms with Crippen LogP contribution in [0.5, 0.6) is 11.6 Å². The highest BCUT2D eigenvalue weighted by Gasteiger charge is 2.22. The van der Waals surface area contributed by atoms with Crippen LogP contribution in [0.3, 0.4) is 0 Å². The lowest BCUT2D eigenvalue weighted by atomic mass is 9.98. The quantitative estimate of drug-likeness (QED) is 0.384. The molecule has 0 bridgehead atoms. The Morgan fingerprint density at radius 1 is 1.16 bits per heavy atom. The van der Waals surface area contributed by atoms with Gasteiger partial charge in [-0.3, -0.25) is 4.79 Å². The average molecular weight is 470 g/mol. The van der Waals surface area contributed by atoms with E-state index in [0.29, 0.717) is 22.1 Å². The van der Waals surface area contributed by atoms with Crippen molar-refractivity contribution in [2.24, 2.45) is 0 Å². The molecular weight excluding hydrogens is 452 g/mol. The normalized spacial score (nSPS) is 11.7. The van der Waals surface area contributed by atoms with E-state index in [9.17, 15) is 22.0 Å². The van der Waals surface area contributed by atoms with E-state index in [2.05, 4.69) is 9.72 Å². The number of rotatable bonds is 6. The third kappa shape index (κ3) is 5.11. The first-order valence-corrected chi connectivity index (χ1v) is 11.3. The van der Waals surface area contributed by atoms with Crippen molar-refractivity contribution in [1.82, 2.24) is 4.98 Å². The minimum absolute atomic E-state index is 0.118. The van der Waals surface area contributed by atoms with Gasteiger partial charge in [-0.25, -0.2) is 13.4 Å². The molecule has 1 aromatic heterocycles. The van der Waals surface area contributed by atoms with Gasteiger partial charge in [-0.1, -0.05) is 23.7 Å². The van der Waals surface area contributed by atoms with Crippen molar-refractivity contribution in [3.63, 3.8) is 0 Å². The summed E-state index contributed by atoms with van der Waals surface area (Å²) in [4.78, 5) is 15.8. The topological polar surface area (TPSA) is 82.6 Å². The number of carbonyl (C=O) groups is 1. The molecule has 0 atom stereocenters. The van der Waals surface area contributed by atoms with Crippen LogP contribution in [-0.2, 0) is 21.1 Å². The molecule has 164 valence electrons. The first kappa shape index (κ1) is 22.9. The number of ether oxygens (including phenoxy) is 2.